The number of benzene rings is 3. The van der Waals surface area contributed by atoms with Gasteiger partial charge in [-0.25, -0.2) is 9.37 Å². The van der Waals surface area contributed by atoms with Crippen LogP contribution < -0.4 is 9.64 Å². The summed E-state index contributed by atoms with van der Waals surface area (Å²) in [5.74, 6) is -1.79. The number of anilines is 1. The van der Waals surface area contributed by atoms with Crippen molar-refractivity contribution in [3.8, 4) is 5.75 Å². The van der Waals surface area contributed by atoms with E-state index in [1.165, 1.54) is 40.5 Å². The van der Waals surface area contributed by atoms with E-state index in [-0.39, 0.29) is 16.9 Å². The number of aliphatic hydroxyl groups is 1. The van der Waals surface area contributed by atoms with Gasteiger partial charge in [-0.05, 0) is 73.0 Å². The van der Waals surface area contributed by atoms with Crippen LogP contribution in [0.4, 0.5) is 9.52 Å². The molecule has 4 aromatic rings. The maximum Gasteiger partial charge on any atom is 0.301 e. The number of carbonyl (C=O) groups is 2. The summed E-state index contributed by atoms with van der Waals surface area (Å²) in [6.07, 6.45) is 1.94. The van der Waals surface area contributed by atoms with E-state index in [4.69, 9.17) is 4.74 Å². The molecule has 0 bridgehead atoms. The zero-order chi connectivity index (χ0) is 26.1. The maximum absolute atomic E-state index is 13.5. The minimum absolute atomic E-state index is 0.0771. The lowest BCUT2D eigenvalue weighted by Gasteiger charge is -2.23. The van der Waals surface area contributed by atoms with Gasteiger partial charge in [0.15, 0.2) is 5.13 Å². The fraction of sp³-hybridized carbons (Fsp3) is 0.207. The van der Waals surface area contributed by atoms with Gasteiger partial charge in [0, 0.05) is 5.56 Å². The largest absolute Gasteiger partial charge is 0.507 e. The van der Waals surface area contributed by atoms with Crippen LogP contribution in [0.15, 0.2) is 72.3 Å². The molecule has 0 radical (unpaired) electrons. The van der Waals surface area contributed by atoms with Gasteiger partial charge < -0.3 is 9.84 Å². The molecule has 0 spiro atoms. The van der Waals surface area contributed by atoms with Crippen LogP contribution in [-0.4, -0.2) is 28.4 Å². The molecule has 1 atom stereocenters. The fourth-order valence-electron chi connectivity index (χ4n) is 4.31. The second kappa shape index (κ2) is 10.1. The summed E-state index contributed by atoms with van der Waals surface area (Å²) in [5, 5.41) is 11.5. The number of amides is 1. The molecule has 1 amide bonds. The second-order valence-corrected chi connectivity index (χ2v) is 9.92. The number of halogens is 1. The van der Waals surface area contributed by atoms with E-state index in [2.05, 4.69) is 11.9 Å². The molecule has 1 N–H and O–H groups in total. The number of rotatable bonds is 7. The molecule has 1 saturated heterocycles. The van der Waals surface area contributed by atoms with E-state index in [0.717, 1.165) is 23.1 Å². The molecular weight excluding hydrogens is 491 g/mol. The molecule has 0 saturated carbocycles. The molecule has 188 valence electrons. The highest BCUT2D eigenvalue weighted by Gasteiger charge is 2.48. The number of hydrogen-bond donors (Lipinski definition) is 1. The highest BCUT2D eigenvalue weighted by atomic mass is 32.1. The minimum Gasteiger partial charge on any atom is -0.507 e. The predicted molar refractivity (Wildman–Crippen MR) is 142 cm³/mol. The molecule has 1 aliphatic heterocycles. The molecule has 1 aliphatic rings. The van der Waals surface area contributed by atoms with E-state index < -0.39 is 23.5 Å². The van der Waals surface area contributed by atoms with E-state index in [9.17, 15) is 19.1 Å². The van der Waals surface area contributed by atoms with Crippen molar-refractivity contribution in [2.75, 3.05) is 11.5 Å². The fourth-order valence-corrected chi connectivity index (χ4v) is 5.40. The number of carbonyl (C=O) groups excluding carboxylic acids is 2. The standard InChI is InChI=1S/C29H25FN2O4S/c1-3-4-15-36-21-12-8-18(9-13-21)25-24(26(33)19-6-10-20(30)11-7-19)27(34)28(35)32(25)29-31-22-14-5-17(2)16-23(22)37-29/h5-14,16,25,33H,3-4,15H2,1-2H3/b26-24+. The average Bonchev–Trinajstić information content (AvgIpc) is 3.42. The van der Waals surface area contributed by atoms with E-state index in [0.29, 0.717) is 28.6 Å². The average molecular weight is 517 g/mol. The SMILES string of the molecule is CCCCOc1ccc(C2/C(=C(\O)c3ccc(F)cc3)C(=O)C(=O)N2c2nc3ccc(C)cc3s2)cc1. The molecule has 2 heterocycles. The van der Waals surface area contributed by atoms with Crippen molar-refractivity contribution in [2.24, 2.45) is 0 Å². The minimum atomic E-state index is -0.920. The van der Waals surface area contributed by atoms with Crippen molar-refractivity contribution in [2.45, 2.75) is 32.7 Å². The lowest BCUT2D eigenvalue weighted by atomic mass is 9.95. The molecule has 0 aliphatic carbocycles. The Morgan fingerprint density at radius 1 is 1.08 bits per heavy atom. The highest BCUT2D eigenvalue weighted by Crippen LogP contribution is 2.44. The zero-order valence-electron chi connectivity index (χ0n) is 20.4. The third kappa shape index (κ3) is 4.72. The molecule has 1 aromatic heterocycles. The molecule has 1 unspecified atom stereocenters. The summed E-state index contributed by atoms with van der Waals surface area (Å²) >= 11 is 1.30. The van der Waals surface area contributed by atoms with Gasteiger partial charge in [0.2, 0.25) is 0 Å². The van der Waals surface area contributed by atoms with E-state index in [1.54, 1.807) is 24.3 Å². The van der Waals surface area contributed by atoms with Crippen LogP contribution in [-0.2, 0) is 9.59 Å². The summed E-state index contributed by atoms with van der Waals surface area (Å²) in [4.78, 5) is 32.7. The van der Waals surface area contributed by atoms with Crippen LogP contribution in [0.2, 0.25) is 0 Å². The van der Waals surface area contributed by atoms with Crippen LogP contribution in [0.1, 0.15) is 42.5 Å². The number of Topliss-reactive ketones (excluding diaryl/α,β-unsaturated/α-hetero) is 1. The number of unbranched alkanes of at least 4 members (excludes halogenated alkanes) is 1. The molecule has 6 nitrogen and oxygen atoms in total. The highest BCUT2D eigenvalue weighted by molar-refractivity contribution is 7.22. The monoisotopic (exact) mass is 516 g/mol. The summed E-state index contributed by atoms with van der Waals surface area (Å²) in [6.45, 7) is 4.64. The Labute approximate surface area is 217 Å². The normalized spacial score (nSPS) is 17.1. The first kappa shape index (κ1) is 24.6. The summed E-state index contributed by atoms with van der Waals surface area (Å²) in [5.41, 5.74) is 2.54. The molecule has 8 heteroatoms. The number of nitrogens with zero attached hydrogens (tertiary/aromatic N) is 2. The third-order valence-electron chi connectivity index (χ3n) is 6.26. The van der Waals surface area contributed by atoms with E-state index >= 15 is 0 Å². The Morgan fingerprint density at radius 3 is 2.51 bits per heavy atom. The Hall–Kier alpha value is -4.04. The lowest BCUT2D eigenvalue weighted by molar-refractivity contribution is -0.132. The van der Waals surface area contributed by atoms with Gasteiger partial charge in [-0.3, -0.25) is 14.5 Å². The maximum atomic E-state index is 13.5. The van der Waals surface area contributed by atoms with Crippen molar-refractivity contribution in [3.05, 3.63) is 94.8 Å². The topological polar surface area (TPSA) is 79.7 Å². The Kier molecular flexibility index (Phi) is 6.76. The van der Waals surface area contributed by atoms with Crippen molar-refractivity contribution in [3.63, 3.8) is 0 Å². The Balaban J connectivity index is 1.64. The van der Waals surface area contributed by atoms with Gasteiger partial charge in [-0.2, -0.15) is 0 Å². The summed E-state index contributed by atoms with van der Waals surface area (Å²) in [7, 11) is 0. The van der Waals surface area contributed by atoms with Gasteiger partial charge in [0.05, 0.1) is 28.4 Å². The number of hydrogen-bond acceptors (Lipinski definition) is 6. The second-order valence-electron chi connectivity index (χ2n) is 8.91. The van der Waals surface area contributed by atoms with Gasteiger partial charge in [-0.15, -0.1) is 0 Å². The number of ketones is 1. The van der Waals surface area contributed by atoms with Gasteiger partial charge in [-0.1, -0.05) is 42.9 Å². The molecule has 3 aromatic carbocycles. The van der Waals surface area contributed by atoms with Crippen LogP contribution in [0, 0.1) is 12.7 Å². The first-order chi connectivity index (χ1) is 17.9. The van der Waals surface area contributed by atoms with Crippen LogP contribution in [0.25, 0.3) is 16.0 Å². The first-order valence-electron chi connectivity index (χ1n) is 12.0. The number of ether oxygens (including phenoxy) is 1. The Bertz CT molecular complexity index is 1510. The molecule has 37 heavy (non-hydrogen) atoms. The lowest BCUT2D eigenvalue weighted by Crippen LogP contribution is -2.29. The predicted octanol–water partition coefficient (Wildman–Crippen LogP) is 6.55. The van der Waals surface area contributed by atoms with Gasteiger partial charge >= 0.3 is 5.91 Å². The van der Waals surface area contributed by atoms with Crippen molar-refractivity contribution in [1.29, 1.82) is 0 Å². The number of fused-ring (bicyclic) bond motifs is 1. The van der Waals surface area contributed by atoms with Crippen molar-refractivity contribution < 1.29 is 23.8 Å². The zero-order valence-corrected chi connectivity index (χ0v) is 21.2. The van der Waals surface area contributed by atoms with Crippen LogP contribution in [0.3, 0.4) is 0 Å². The number of aryl methyl sites for hydroxylation is 1. The van der Waals surface area contributed by atoms with Gasteiger partial charge in [0.25, 0.3) is 5.78 Å². The number of aliphatic hydroxyl groups excluding tert-OH is 1. The van der Waals surface area contributed by atoms with Gasteiger partial charge in [0.1, 0.15) is 17.3 Å². The quantitative estimate of drug-likeness (QED) is 0.130. The summed E-state index contributed by atoms with van der Waals surface area (Å²) in [6, 6.07) is 17.1. The third-order valence-corrected chi connectivity index (χ3v) is 7.28. The number of aromatic nitrogens is 1. The van der Waals surface area contributed by atoms with Crippen molar-refractivity contribution in [1.82, 2.24) is 4.98 Å². The summed E-state index contributed by atoms with van der Waals surface area (Å²) < 4.78 is 20.2. The molecular formula is C29H25FN2O4S. The Morgan fingerprint density at radius 2 is 1.81 bits per heavy atom. The van der Waals surface area contributed by atoms with E-state index in [1.807, 2.05) is 25.1 Å². The smallest absolute Gasteiger partial charge is 0.301 e. The van der Waals surface area contributed by atoms with Crippen molar-refractivity contribution >= 4 is 44.1 Å². The molecule has 1 fully saturated rings. The number of thiazole rings is 1. The van der Waals surface area contributed by atoms with Crippen LogP contribution in [0.5, 0.6) is 5.75 Å². The van der Waals surface area contributed by atoms with Crippen LogP contribution >= 0.6 is 11.3 Å². The molecule has 5 rings (SSSR count). The first-order valence-corrected chi connectivity index (χ1v) is 12.9.